The molecule has 0 aromatic heterocycles. The van der Waals surface area contributed by atoms with Crippen LogP contribution >= 0.6 is 12.4 Å². The number of nitrogens with one attached hydrogen (secondary N) is 2. The first kappa shape index (κ1) is 19.4. The molecular weight excluding hydrogens is 292 g/mol. The van der Waals surface area contributed by atoms with Gasteiger partial charge in [0.2, 0.25) is 11.8 Å². The number of amides is 2. The molecule has 0 saturated carbocycles. The van der Waals surface area contributed by atoms with E-state index in [1.54, 1.807) is 24.3 Å². The van der Waals surface area contributed by atoms with Gasteiger partial charge in [0.1, 0.15) is 0 Å². The number of nitrogens with two attached hydrogens (primary N) is 1. The molecule has 0 atom stereocenters. The Morgan fingerprint density at radius 3 is 2.10 bits per heavy atom. The second-order valence-electron chi connectivity index (χ2n) is 4.46. The van der Waals surface area contributed by atoms with Crippen LogP contribution in [0.4, 0.5) is 11.4 Å². The summed E-state index contributed by atoms with van der Waals surface area (Å²) in [6.45, 7) is 5.78. The highest BCUT2D eigenvalue weighted by Gasteiger charge is 2.08. The number of hydrogen-bond donors (Lipinski definition) is 3. The monoisotopic (exact) mass is 314 g/mol. The molecule has 1 aromatic rings. The molecular formula is C14H23ClN4O2. The van der Waals surface area contributed by atoms with E-state index in [4.69, 9.17) is 5.73 Å². The minimum absolute atomic E-state index is 0. The maximum atomic E-state index is 11.9. The van der Waals surface area contributed by atoms with Gasteiger partial charge in [0.05, 0.1) is 6.54 Å². The van der Waals surface area contributed by atoms with E-state index >= 15 is 0 Å². The van der Waals surface area contributed by atoms with Crippen LogP contribution in [0.3, 0.4) is 0 Å². The van der Waals surface area contributed by atoms with E-state index in [0.717, 1.165) is 6.54 Å². The zero-order valence-electron chi connectivity index (χ0n) is 12.4. The number of likely N-dealkylation sites (N-methyl/N-ethyl adjacent to an activating group) is 1. The van der Waals surface area contributed by atoms with Crippen molar-refractivity contribution in [2.75, 3.05) is 36.8 Å². The minimum atomic E-state index is -0.123. The van der Waals surface area contributed by atoms with Crippen LogP contribution in [0, 0.1) is 0 Å². The summed E-state index contributed by atoms with van der Waals surface area (Å²) in [5.74, 6) is -0.199. The lowest BCUT2D eigenvalue weighted by atomic mass is 10.2. The number of nitrogens with zero attached hydrogens (tertiary/aromatic N) is 1. The molecule has 1 aromatic carbocycles. The van der Waals surface area contributed by atoms with Gasteiger partial charge in [0.15, 0.2) is 0 Å². The minimum Gasteiger partial charge on any atom is -0.329 e. The third-order valence-electron chi connectivity index (χ3n) is 2.75. The van der Waals surface area contributed by atoms with Crippen LogP contribution in [0.2, 0.25) is 0 Å². The number of halogens is 1. The normalized spacial score (nSPS) is 9.90. The summed E-state index contributed by atoms with van der Waals surface area (Å²) >= 11 is 0. The Balaban J connectivity index is 0.00000400. The van der Waals surface area contributed by atoms with Crippen molar-refractivity contribution >= 4 is 35.6 Å². The molecule has 0 radical (unpaired) electrons. The zero-order chi connectivity index (χ0) is 15.0. The Morgan fingerprint density at radius 1 is 1.14 bits per heavy atom. The molecule has 0 fully saturated rings. The second-order valence-corrected chi connectivity index (χ2v) is 4.46. The lowest BCUT2D eigenvalue weighted by molar-refractivity contribution is -0.117. The average Bonchev–Trinajstić information content (AvgIpc) is 2.40. The van der Waals surface area contributed by atoms with Crippen LogP contribution in [0.5, 0.6) is 0 Å². The molecule has 118 valence electrons. The Bertz CT molecular complexity index is 451. The Labute approximate surface area is 131 Å². The number of rotatable bonds is 7. The average molecular weight is 315 g/mol. The molecule has 0 bridgehead atoms. The van der Waals surface area contributed by atoms with Gasteiger partial charge in [-0.1, -0.05) is 6.92 Å². The van der Waals surface area contributed by atoms with Crippen molar-refractivity contribution in [3.63, 3.8) is 0 Å². The van der Waals surface area contributed by atoms with Crippen LogP contribution in [-0.4, -0.2) is 42.9 Å². The van der Waals surface area contributed by atoms with Gasteiger partial charge in [-0.2, -0.15) is 0 Å². The maximum absolute atomic E-state index is 11.9. The molecule has 7 heteroatoms. The predicted molar refractivity (Wildman–Crippen MR) is 87.8 cm³/mol. The summed E-state index contributed by atoms with van der Waals surface area (Å²) in [6.07, 6.45) is 0. The van der Waals surface area contributed by atoms with Gasteiger partial charge in [0.25, 0.3) is 0 Å². The summed E-state index contributed by atoms with van der Waals surface area (Å²) in [5.41, 5.74) is 6.89. The van der Waals surface area contributed by atoms with Gasteiger partial charge < -0.3 is 16.4 Å². The maximum Gasteiger partial charge on any atom is 0.238 e. The molecule has 6 nitrogen and oxygen atoms in total. The molecule has 1 rings (SSSR count). The van der Waals surface area contributed by atoms with Gasteiger partial charge in [-0.3, -0.25) is 14.5 Å². The quantitative estimate of drug-likeness (QED) is 0.707. The van der Waals surface area contributed by atoms with Crippen molar-refractivity contribution in [1.82, 2.24) is 4.90 Å². The first-order chi connectivity index (χ1) is 9.55. The summed E-state index contributed by atoms with van der Waals surface area (Å²) in [6, 6.07) is 6.99. The third kappa shape index (κ3) is 7.65. The van der Waals surface area contributed by atoms with E-state index in [1.807, 2.05) is 11.8 Å². The molecule has 0 spiro atoms. The highest BCUT2D eigenvalue weighted by Crippen LogP contribution is 2.13. The number of anilines is 2. The van der Waals surface area contributed by atoms with Crippen molar-refractivity contribution in [2.45, 2.75) is 13.8 Å². The smallest absolute Gasteiger partial charge is 0.238 e. The molecule has 21 heavy (non-hydrogen) atoms. The molecule has 0 unspecified atom stereocenters. The van der Waals surface area contributed by atoms with Gasteiger partial charge in [-0.05, 0) is 30.8 Å². The largest absolute Gasteiger partial charge is 0.329 e. The van der Waals surface area contributed by atoms with Gasteiger partial charge >= 0.3 is 0 Å². The first-order valence-electron chi connectivity index (χ1n) is 6.65. The topological polar surface area (TPSA) is 87.5 Å². The van der Waals surface area contributed by atoms with Crippen molar-refractivity contribution in [3.05, 3.63) is 24.3 Å². The fourth-order valence-electron chi connectivity index (χ4n) is 1.78. The van der Waals surface area contributed by atoms with Crippen molar-refractivity contribution < 1.29 is 9.59 Å². The van der Waals surface area contributed by atoms with Crippen LogP contribution < -0.4 is 16.4 Å². The van der Waals surface area contributed by atoms with E-state index in [0.29, 0.717) is 31.0 Å². The Hall–Kier alpha value is -1.63. The standard InChI is InChI=1S/C14H22N4O2.ClH/c1-3-18(9-8-15)10-14(20)17-13-6-4-12(5-7-13)16-11(2)19;/h4-7H,3,8-10,15H2,1-2H3,(H,16,19)(H,17,20);1H. The second kappa shape index (κ2) is 10.1. The van der Waals surface area contributed by atoms with Crippen LogP contribution in [-0.2, 0) is 9.59 Å². The lowest BCUT2D eigenvalue weighted by Crippen LogP contribution is -2.36. The Kier molecular flexibility index (Phi) is 9.36. The van der Waals surface area contributed by atoms with Crippen molar-refractivity contribution in [1.29, 1.82) is 0 Å². The fraction of sp³-hybridized carbons (Fsp3) is 0.429. The zero-order valence-corrected chi connectivity index (χ0v) is 13.2. The predicted octanol–water partition coefficient (Wildman–Crippen LogP) is 1.29. The van der Waals surface area contributed by atoms with Crippen molar-refractivity contribution in [3.8, 4) is 0 Å². The Morgan fingerprint density at radius 2 is 1.67 bits per heavy atom. The van der Waals surface area contributed by atoms with Crippen LogP contribution in [0.1, 0.15) is 13.8 Å². The number of carbonyl (C=O) groups is 2. The van der Waals surface area contributed by atoms with E-state index < -0.39 is 0 Å². The van der Waals surface area contributed by atoms with Gasteiger partial charge in [-0.15, -0.1) is 12.4 Å². The molecule has 0 aliphatic rings. The summed E-state index contributed by atoms with van der Waals surface area (Å²) in [4.78, 5) is 24.7. The van der Waals surface area contributed by atoms with E-state index in [9.17, 15) is 9.59 Å². The summed E-state index contributed by atoms with van der Waals surface area (Å²) in [7, 11) is 0. The summed E-state index contributed by atoms with van der Waals surface area (Å²) in [5, 5.41) is 5.48. The first-order valence-corrected chi connectivity index (χ1v) is 6.65. The van der Waals surface area contributed by atoms with Crippen LogP contribution in [0.15, 0.2) is 24.3 Å². The SMILES string of the molecule is CCN(CCN)CC(=O)Nc1ccc(NC(C)=O)cc1.Cl. The molecule has 2 amide bonds. The third-order valence-corrected chi connectivity index (χ3v) is 2.75. The van der Waals surface area contributed by atoms with E-state index in [-0.39, 0.29) is 24.2 Å². The number of carbonyl (C=O) groups excluding carboxylic acids is 2. The van der Waals surface area contributed by atoms with E-state index in [1.165, 1.54) is 6.92 Å². The molecule has 0 heterocycles. The van der Waals surface area contributed by atoms with Gasteiger partial charge in [0, 0.05) is 31.4 Å². The highest BCUT2D eigenvalue weighted by molar-refractivity contribution is 5.93. The molecule has 0 saturated heterocycles. The van der Waals surface area contributed by atoms with E-state index in [2.05, 4.69) is 10.6 Å². The fourth-order valence-corrected chi connectivity index (χ4v) is 1.78. The number of benzene rings is 1. The van der Waals surface area contributed by atoms with Crippen LogP contribution in [0.25, 0.3) is 0 Å². The van der Waals surface area contributed by atoms with Gasteiger partial charge in [-0.25, -0.2) is 0 Å². The molecule has 0 aliphatic carbocycles. The summed E-state index contributed by atoms with van der Waals surface area (Å²) < 4.78 is 0. The number of hydrogen-bond acceptors (Lipinski definition) is 4. The van der Waals surface area contributed by atoms with Crippen molar-refractivity contribution in [2.24, 2.45) is 5.73 Å². The lowest BCUT2D eigenvalue weighted by Gasteiger charge is -2.18. The molecule has 0 aliphatic heterocycles. The molecule has 4 N–H and O–H groups in total. The highest BCUT2D eigenvalue weighted by atomic mass is 35.5.